The fraction of sp³-hybridized carbons (Fsp3) is 1.00. The van der Waals surface area contributed by atoms with E-state index >= 15 is 0 Å². The molecular weight excluding hydrogens is 148 g/mol. The van der Waals surface area contributed by atoms with E-state index in [0.717, 1.165) is 6.54 Å². The highest BCUT2D eigenvalue weighted by molar-refractivity contribution is 4.67. The maximum atomic E-state index is 3.48. The first-order chi connectivity index (χ1) is 5.74. The molecule has 0 saturated heterocycles. The molecule has 12 heavy (non-hydrogen) atoms. The molecule has 0 saturated carbocycles. The summed E-state index contributed by atoms with van der Waals surface area (Å²) >= 11 is 0. The SMILES string of the molecule is CCCN(C)C[C@@H](CC)NCC.[HH]. The highest BCUT2D eigenvalue weighted by Gasteiger charge is 2.06. The fourth-order valence-electron chi connectivity index (χ4n) is 1.48. The van der Waals surface area contributed by atoms with Crippen molar-refractivity contribution in [1.82, 2.24) is 10.2 Å². The maximum absolute atomic E-state index is 3.48. The van der Waals surface area contributed by atoms with E-state index in [0.29, 0.717) is 6.04 Å². The molecule has 2 heteroatoms. The first-order valence-corrected chi connectivity index (χ1v) is 5.16. The molecule has 0 aliphatic rings. The zero-order valence-electron chi connectivity index (χ0n) is 9.06. The van der Waals surface area contributed by atoms with E-state index in [2.05, 4.69) is 38.0 Å². The predicted molar refractivity (Wildman–Crippen MR) is 57.7 cm³/mol. The van der Waals surface area contributed by atoms with Gasteiger partial charge in [-0.25, -0.2) is 0 Å². The lowest BCUT2D eigenvalue weighted by Crippen LogP contribution is -2.39. The summed E-state index contributed by atoms with van der Waals surface area (Å²) in [4.78, 5) is 2.40. The van der Waals surface area contributed by atoms with Gasteiger partial charge in [0.1, 0.15) is 0 Å². The molecule has 0 rings (SSSR count). The monoisotopic (exact) mass is 174 g/mol. The van der Waals surface area contributed by atoms with Crippen molar-refractivity contribution in [2.75, 3.05) is 26.7 Å². The van der Waals surface area contributed by atoms with Gasteiger partial charge in [-0.3, -0.25) is 0 Å². The van der Waals surface area contributed by atoms with Gasteiger partial charge in [-0.15, -0.1) is 0 Å². The van der Waals surface area contributed by atoms with E-state index < -0.39 is 0 Å². The third-order valence-electron chi connectivity index (χ3n) is 2.12. The van der Waals surface area contributed by atoms with Crippen molar-refractivity contribution in [3.63, 3.8) is 0 Å². The first-order valence-electron chi connectivity index (χ1n) is 5.16. The molecule has 2 nitrogen and oxygen atoms in total. The molecule has 0 amide bonds. The minimum absolute atomic E-state index is 0. The topological polar surface area (TPSA) is 15.3 Å². The zero-order chi connectivity index (χ0) is 9.40. The molecule has 0 fully saturated rings. The number of hydrogen-bond acceptors (Lipinski definition) is 2. The first kappa shape index (κ1) is 11.9. The number of likely N-dealkylation sites (N-methyl/N-ethyl adjacent to an activating group) is 2. The average Bonchev–Trinajstić information content (AvgIpc) is 2.04. The molecule has 1 atom stereocenters. The third kappa shape index (κ3) is 5.56. The van der Waals surface area contributed by atoms with Gasteiger partial charge in [0.05, 0.1) is 0 Å². The van der Waals surface area contributed by atoms with Gasteiger partial charge in [-0.1, -0.05) is 20.8 Å². The van der Waals surface area contributed by atoms with Crippen LogP contribution in [0.5, 0.6) is 0 Å². The van der Waals surface area contributed by atoms with Crippen LogP contribution in [0, 0.1) is 0 Å². The Hall–Kier alpha value is -0.0800. The van der Waals surface area contributed by atoms with Gasteiger partial charge in [0, 0.05) is 14.0 Å². The van der Waals surface area contributed by atoms with Gasteiger partial charge >= 0.3 is 0 Å². The second-order valence-corrected chi connectivity index (χ2v) is 3.43. The number of nitrogens with zero attached hydrogens (tertiary/aromatic N) is 1. The lowest BCUT2D eigenvalue weighted by atomic mass is 10.2. The van der Waals surface area contributed by atoms with E-state index in [1.165, 1.54) is 25.9 Å². The molecule has 0 aromatic heterocycles. The maximum Gasteiger partial charge on any atom is 0.0192 e. The van der Waals surface area contributed by atoms with Crippen LogP contribution < -0.4 is 5.32 Å². The van der Waals surface area contributed by atoms with E-state index in [1.807, 2.05) is 0 Å². The van der Waals surface area contributed by atoms with Crippen LogP contribution in [0.3, 0.4) is 0 Å². The van der Waals surface area contributed by atoms with Crippen LogP contribution in [-0.4, -0.2) is 37.6 Å². The number of nitrogens with one attached hydrogen (secondary N) is 1. The van der Waals surface area contributed by atoms with Crippen LogP contribution >= 0.6 is 0 Å². The summed E-state index contributed by atoms with van der Waals surface area (Å²) in [5.74, 6) is 0. The Labute approximate surface area is 78.8 Å². The predicted octanol–water partition coefficient (Wildman–Crippen LogP) is 1.96. The Balaban J connectivity index is 0. The van der Waals surface area contributed by atoms with Gasteiger partial charge in [0.25, 0.3) is 0 Å². The van der Waals surface area contributed by atoms with Crippen molar-refractivity contribution < 1.29 is 1.43 Å². The smallest absolute Gasteiger partial charge is 0.0192 e. The standard InChI is InChI=1S/C10H24N2.H2/c1-5-8-12(4)9-10(6-2)11-7-3;/h10-11H,5-9H2,1-4H3;1H/t10-;/m1./s1. The van der Waals surface area contributed by atoms with Crippen LogP contribution in [0.25, 0.3) is 0 Å². The van der Waals surface area contributed by atoms with Gasteiger partial charge < -0.3 is 10.2 Å². The molecule has 0 spiro atoms. The van der Waals surface area contributed by atoms with Gasteiger partial charge in [-0.05, 0) is 33.0 Å². The van der Waals surface area contributed by atoms with Crippen LogP contribution in [0.4, 0.5) is 0 Å². The van der Waals surface area contributed by atoms with Crippen molar-refractivity contribution in [1.29, 1.82) is 0 Å². The molecule has 0 heterocycles. The minimum atomic E-state index is 0. The van der Waals surface area contributed by atoms with Crippen molar-refractivity contribution >= 4 is 0 Å². The fourth-order valence-corrected chi connectivity index (χ4v) is 1.48. The molecule has 1 N–H and O–H groups in total. The number of hydrogen-bond donors (Lipinski definition) is 1. The summed E-state index contributed by atoms with van der Waals surface area (Å²) in [6.07, 6.45) is 2.47. The summed E-state index contributed by atoms with van der Waals surface area (Å²) in [5, 5.41) is 3.48. The molecule has 0 aliphatic heterocycles. The Morgan fingerprint density at radius 1 is 1.33 bits per heavy atom. The summed E-state index contributed by atoms with van der Waals surface area (Å²) < 4.78 is 0. The molecule has 0 radical (unpaired) electrons. The molecule has 0 bridgehead atoms. The molecule has 0 aromatic rings. The summed E-state index contributed by atoms with van der Waals surface area (Å²) in [6, 6.07) is 0.673. The Morgan fingerprint density at radius 3 is 2.42 bits per heavy atom. The van der Waals surface area contributed by atoms with Gasteiger partial charge in [0.2, 0.25) is 0 Å². The lowest BCUT2D eigenvalue weighted by molar-refractivity contribution is 0.286. The number of rotatable bonds is 7. The van der Waals surface area contributed by atoms with Crippen LogP contribution in [-0.2, 0) is 0 Å². The van der Waals surface area contributed by atoms with Crippen molar-refractivity contribution in [2.24, 2.45) is 0 Å². The van der Waals surface area contributed by atoms with E-state index in [4.69, 9.17) is 0 Å². The molecule has 0 aromatic carbocycles. The van der Waals surface area contributed by atoms with Crippen LogP contribution in [0.2, 0.25) is 0 Å². The van der Waals surface area contributed by atoms with Crippen LogP contribution in [0.15, 0.2) is 0 Å². The largest absolute Gasteiger partial charge is 0.313 e. The molecule has 0 unspecified atom stereocenters. The van der Waals surface area contributed by atoms with Crippen molar-refractivity contribution in [2.45, 2.75) is 39.7 Å². The molecular formula is C10H26N2. The van der Waals surface area contributed by atoms with Gasteiger partial charge in [0.15, 0.2) is 0 Å². The zero-order valence-corrected chi connectivity index (χ0v) is 9.06. The van der Waals surface area contributed by atoms with E-state index in [9.17, 15) is 0 Å². The van der Waals surface area contributed by atoms with Crippen LogP contribution in [0.1, 0.15) is 35.0 Å². The summed E-state index contributed by atoms with van der Waals surface area (Å²) in [7, 11) is 2.20. The second kappa shape index (κ2) is 7.56. The molecule has 76 valence electrons. The quantitative estimate of drug-likeness (QED) is 0.635. The highest BCUT2D eigenvalue weighted by atomic mass is 15.1. The summed E-state index contributed by atoms with van der Waals surface area (Å²) in [5.41, 5.74) is 0. The lowest BCUT2D eigenvalue weighted by Gasteiger charge is -2.23. The Kier molecular flexibility index (Phi) is 7.51. The van der Waals surface area contributed by atoms with Crippen molar-refractivity contribution in [3.8, 4) is 0 Å². The second-order valence-electron chi connectivity index (χ2n) is 3.43. The minimum Gasteiger partial charge on any atom is -0.313 e. The summed E-state index contributed by atoms with van der Waals surface area (Å²) in [6.45, 7) is 10.1. The average molecular weight is 174 g/mol. The molecule has 0 aliphatic carbocycles. The van der Waals surface area contributed by atoms with Crippen molar-refractivity contribution in [3.05, 3.63) is 0 Å². The van der Waals surface area contributed by atoms with E-state index in [-0.39, 0.29) is 1.43 Å². The van der Waals surface area contributed by atoms with E-state index in [1.54, 1.807) is 0 Å². The third-order valence-corrected chi connectivity index (χ3v) is 2.12. The Bertz CT molecular complexity index is 98.9. The Morgan fingerprint density at radius 2 is 2.00 bits per heavy atom. The van der Waals surface area contributed by atoms with Gasteiger partial charge in [-0.2, -0.15) is 0 Å². The highest BCUT2D eigenvalue weighted by Crippen LogP contribution is 1.95. The normalized spacial score (nSPS) is 13.8.